The van der Waals surface area contributed by atoms with Crippen LogP contribution in [0.5, 0.6) is 0 Å². The van der Waals surface area contributed by atoms with Crippen molar-refractivity contribution < 1.29 is 12.4 Å². The first kappa shape index (κ1) is 39.3. The second kappa shape index (κ2) is 24.9. The molecule has 0 saturated heterocycles. The molecule has 0 aliphatic rings. The molecule has 0 saturated carbocycles. The van der Waals surface area contributed by atoms with Gasteiger partial charge in [-0.25, -0.2) is 0 Å². The van der Waals surface area contributed by atoms with Crippen molar-refractivity contribution in [2.45, 2.75) is 189 Å². The standard InChI is InChI=1S/C34H73O3PS/c1-6-11-16-21-22-23-24-29-34-39(35,36)37-38(30-25-17-12-7-2,31-26-18-13-8-3,32-27-19-14-9-4)33-28-20-15-10-5/h6-34H2,1-5H3. The summed E-state index contributed by atoms with van der Waals surface area (Å²) in [4.78, 5) is 0. The summed E-state index contributed by atoms with van der Waals surface area (Å²) in [6.07, 6.45) is 32.9. The van der Waals surface area contributed by atoms with E-state index < -0.39 is 16.9 Å². The molecule has 0 atom stereocenters. The minimum absolute atomic E-state index is 0.230. The normalized spacial score (nSPS) is 13.5. The summed E-state index contributed by atoms with van der Waals surface area (Å²) in [6.45, 7) is 8.46. The second-order valence-electron chi connectivity index (χ2n) is 12.8. The number of rotatable bonds is 31. The van der Waals surface area contributed by atoms with E-state index in [-0.39, 0.29) is 5.75 Å². The van der Waals surface area contributed by atoms with Gasteiger partial charge in [-0.2, -0.15) is 0 Å². The van der Waals surface area contributed by atoms with E-state index >= 15 is 0 Å². The molecule has 0 spiro atoms. The van der Waals surface area contributed by atoms with Gasteiger partial charge < -0.3 is 0 Å². The van der Waals surface area contributed by atoms with Crippen LogP contribution < -0.4 is 0 Å². The number of unbranched alkanes of at least 4 members (excludes halogenated alkanes) is 19. The average molecular weight is 593 g/mol. The molecule has 5 heteroatoms. The molecule has 0 bridgehead atoms. The summed E-state index contributed by atoms with van der Waals surface area (Å²) in [5.41, 5.74) is 0. The van der Waals surface area contributed by atoms with Crippen molar-refractivity contribution >= 4 is 16.9 Å². The van der Waals surface area contributed by atoms with Gasteiger partial charge >= 0.3 is 248 Å². The fourth-order valence-corrected chi connectivity index (χ4v) is 16.4. The molecule has 39 heavy (non-hydrogen) atoms. The first-order valence-corrected chi connectivity index (χ1v) is 22.2. The molecule has 0 amide bonds. The van der Waals surface area contributed by atoms with Crippen LogP contribution in [0.25, 0.3) is 0 Å². The second-order valence-corrected chi connectivity index (χ2v) is 20.4. The van der Waals surface area contributed by atoms with Crippen LogP contribution in [0, 0.1) is 0 Å². The molecule has 0 aromatic heterocycles. The van der Waals surface area contributed by atoms with Crippen LogP contribution in [0.3, 0.4) is 0 Å². The quantitative estimate of drug-likeness (QED) is 0.0594. The predicted octanol–water partition coefficient (Wildman–Crippen LogP) is 12.3. The molecule has 0 heterocycles. The van der Waals surface area contributed by atoms with Crippen molar-refractivity contribution in [3.8, 4) is 0 Å². The molecule has 0 fully saturated rings. The van der Waals surface area contributed by atoms with Crippen LogP contribution in [0.15, 0.2) is 0 Å². The summed E-state index contributed by atoms with van der Waals surface area (Å²) in [5.74, 6) is 0.230. The van der Waals surface area contributed by atoms with Crippen molar-refractivity contribution in [3.63, 3.8) is 0 Å². The molecule has 0 aromatic rings. The van der Waals surface area contributed by atoms with Gasteiger partial charge in [-0.3, -0.25) is 0 Å². The third-order valence-corrected chi connectivity index (χ3v) is 18.1. The fraction of sp³-hybridized carbons (Fsp3) is 1.00. The van der Waals surface area contributed by atoms with Crippen molar-refractivity contribution in [2.75, 3.05) is 30.4 Å². The van der Waals surface area contributed by atoms with Crippen LogP contribution in [0.4, 0.5) is 0 Å². The van der Waals surface area contributed by atoms with E-state index in [1.165, 1.54) is 109 Å². The Morgan fingerprint density at radius 1 is 0.385 bits per heavy atom. The van der Waals surface area contributed by atoms with Gasteiger partial charge in [0.25, 0.3) is 0 Å². The van der Waals surface area contributed by atoms with Gasteiger partial charge in [-0.05, 0) is 0 Å². The number of hydrogen-bond donors (Lipinski definition) is 0. The Hall–Kier alpha value is 0.340. The fourth-order valence-electron chi connectivity index (χ4n) is 6.35. The van der Waals surface area contributed by atoms with Crippen molar-refractivity contribution in [2.24, 2.45) is 0 Å². The number of hydrogen-bond acceptors (Lipinski definition) is 3. The van der Waals surface area contributed by atoms with Crippen LogP contribution in [0.2, 0.25) is 0 Å². The van der Waals surface area contributed by atoms with E-state index in [4.69, 9.17) is 3.97 Å². The van der Waals surface area contributed by atoms with Gasteiger partial charge in [0.15, 0.2) is 0 Å². The van der Waals surface area contributed by atoms with Crippen LogP contribution in [-0.4, -0.2) is 38.8 Å². The molecule has 0 N–H and O–H groups in total. The third-order valence-electron chi connectivity index (χ3n) is 8.88. The molecule has 0 aliphatic carbocycles. The minimum atomic E-state index is -3.51. The maximum absolute atomic E-state index is 13.8. The molecule has 238 valence electrons. The van der Waals surface area contributed by atoms with Crippen molar-refractivity contribution in [1.82, 2.24) is 0 Å². The third kappa shape index (κ3) is 20.0. The predicted molar refractivity (Wildman–Crippen MR) is 180 cm³/mol. The van der Waals surface area contributed by atoms with Crippen LogP contribution in [0.1, 0.15) is 189 Å². The van der Waals surface area contributed by atoms with Crippen molar-refractivity contribution in [3.05, 3.63) is 0 Å². The zero-order chi connectivity index (χ0) is 29.2. The monoisotopic (exact) mass is 593 g/mol. The Kier molecular flexibility index (Phi) is 25.1. The average Bonchev–Trinajstić information content (AvgIpc) is 2.91. The molecule has 0 aromatic carbocycles. The Balaban J connectivity index is 5.82. The van der Waals surface area contributed by atoms with Gasteiger partial charge in [0, 0.05) is 0 Å². The Bertz CT molecular complexity index is 575. The Labute approximate surface area is 247 Å². The maximum atomic E-state index is 13.8. The summed E-state index contributed by atoms with van der Waals surface area (Å²) in [6, 6.07) is 0. The molecule has 3 nitrogen and oxygen atoms in total. The Morgan fingerprint density at radius 3 is 0.949 bits per heavy atom. The van der Waals surface area contributed by atoms with Gasteiger partial charge in [-0.15, -0.1) is 0 Å². The van der Waals surface area contributed by atoms with Gasteiger partial charge in [0.1, 0.15) is 0 Å². The zero-order valence-electron chi connectivity index (χ0n) is 27.6. The summed E-state index contributed by atoms with van der Waals surface area (Å²) < 4.78 is 34.5. The molecular formula is C34H73O3PS. The summed E-state index contributed by atoms with van der Waals surface area (Å²) in [5, 5.41) is 0. The molecule has 0 radical (unpaired) electrons. The van der Waals surface area contributed by atoms with Gasteiger partial charge in [-0.1, -0.05) is 0 Å². The van der Waals surface area contributed by atoms with E-state index in [9.17, 15) is 8.42 Å². The van der Waals surface area contributed by atoms with Crippen molar-refractivity contribution in [1.29, 1.82) is 0 Å². The molecule has 0 rings (SSSR count). The van der Waals surface area contributed by atoms with E-state index in [0.29, 0.717) is 0 Å². The van der Waals surface area contributed by atoms with E-state index in [0.717, 1.165) is 69.6 Å². The van der Waals surface area contributed by atoms with E-state index in [2.05, 4.69) is 34.6 Å². The molecule has 0 aliphatic heterocycles. The van der Waals surface area contributed by atoms with Gasteiger partial charge in [0.05, 0.1) is 0 Å². The molecule has 0 unspecified atom stereocenters. The van der Waals surface area contributed by atoms with Crippen LogP contribution >= 0.6 is 6.83 Å². The topological polar surface area (TPSA) is 43.4 Å². The zero-order valence-corrected chi connectivity index (χ0v) is 29.3. The SMILES string of the molecule is CCCCCCCCCCS(=O)(=O)OP(CCCCCC)(CCCCCC)(CCCCCC)CCCCCC. The summed E-state index contributed by atoms with van der Waals surface area (Å²) >= 11 is 0. The van der Waals surface area contributed by atoms with E-state index in [1.54, 1.807) is 0 Å². The first-order valence-electron chi connectivity index (χ1n) is 17.8. The van der Waals surface area contributed by atoms with Crippen LogP contribution in [-0.2, 0) is 14.1 Å². The summed E-state index contributed by atoms with van der Waals surface area (Å²) in [7, 11) is -3.51. The van der Waals surface area contributed by atoms with E-state index in [1.807, 2.05) is 0 Å². The molecular weight excluding hydrogens is 519 g/mol. The Morgan fingerprint density at radius 2 is 0.641 bits per heavy atom. The van der Waals surface area contributed by atoms with Gasteiger partial charge in [0.2, 0.25) is 0 Å². The first-order chi connectivity index (χ1) is 18.8.